The molecule has 1 aromatic rings. The van der Waals surface area contributed by atoms with Crippen molar-refractivity contribution in [3.8, 4) is 5.75 Å². The molecule has 7 nitrogen and oxygen atoms in total. The maximum atomic E-state index is 12.4. The van der Waals surface area contributed by atoms with Crippen molar-refractivity contribution in [3.63, 3.8) is 0 Å². The largest absolute Gasteiger partial charge is 0.488 e. The predicted molar refractivity (Wildman–Crippen MR) is 86.5 cm³/mol. The third kappa shape index (κ3) is 4.33. The molecule has 0 bridgehead atoms. The Labute approximate surface area is 144 Å². The topological polar surface area (TPSA) is 115 Å². The van der Waals surface area contributed by atoms with Gasteiger partial charge in [-0.15, -0.1) is 0 Å². The number of carbonyl (C=O) groups excluding carboxylic acids is 2. The molecular formula is C15H17ClO7S. The van der Waals surface area contributed by atoms with Gasteiger partial charge in [-0.3, -0.25) is 14.4 Å². The summed E-state index contributed by atoms with van der Waals surface area (Å²) in [6, 6.07) is 2.18. The number of sulfone groups is 1. The predicted octanol–water partition coefficient (Wildman–Crippen LogP) is 2.00. The number of ketones is 2. The summed E-state index contributed by atoms with van der Waals surface area (Å²) >= 11 is 6.10. The first-order valence-corrected chi connectivity index (χ1v) is 9.11. The molecule has 132 valence electrons. The Morgan fingerprint density at radius 1 is 1.21 bits per heavy atom. The van der Waals surface area contributed by atoms with Gasteiger partial charge in [0.15, 0.2) is 33.1 Å². The quantitative estimate of drug-likeness (QED) is 0.571. The van der Waals surface area contributed by atoms with Crippen molar-refractivity contribution < 1.29 is 32.6 Å². The number of carboxylic acids is 1. The molecule has 24 heavy (non-hydrogen) atoms. The van der Waals surface area contributed by atoms with Gasteiger partial charge < -0.3 is 9.84 Å². The van der Waals surface area contributed by atoms with Crippen molar-refractivity contribution in [1.29, 1.82) is 0 Å². The van der Waals surface area contributed by atoms with Gasteiger partial charge in [-0.1, -0.05) is 11.6 Å². The highest BCUT2D eigenvalue weighted by Crippen LogP contribution is 2.37. The van der Waals surface area contributed by atoms with Crippen LogP contribution in [0.5, 0.6) is 5.75 Å². The van der Waals surface area contributed by atoms with Crippen LogP contribution in [-0.2, 0) is 19.4 Å². The fourth-order valence-electron chi connectivity index (χ4n) is 1.99. The van der Waals surface area contributed by atoms with E-state index < -0.39 is 39.4 Å². The zero-order valence-corrected chi connectivity index (χ0v) is 15.1. The first kappa shape index (κ1) is 20.1. The monoisotopic (exact) mass is 376 g/mol. The van der Waals surface area contributed by atoms with Crippen LogP contribution in [0.1, 0.15) is 31.1 Å². The van der Waals surface area contributed by atoms with Gasteiger partial charge in [0.25, 0.3) is 0 Å². The molecule has 1 rings (SSSR count). The maximum Gasteiger partial charge on any atom is 0.322 e. The Morgan fingerprint density at radius 3 is 2.12 bits per heavy atom. The minimum atomic E-state index is -3.70. The average Bonchev–Trinajstić information content (AvgIpc) is 2.37. The van der Waals surface area contributed by atoms with Crippen LogP contribution in [0.4, 0.5) is 0 Å². The SMILES string of the molecule is CC(=O)C(C(=O)O)C(=O)c1ccc(S(C)(=O)=O)c(OC(C)C)c1Cl. The van der Waals surface area contributed by atoms with Gasteiger partial charge in [-0.2, -0.15) is 0 Å². The second kappa shape index (κ2) is 7.31. The highest BCUT2D eigenvalue weighted by Gasteiger charge is 2.34. The minimum absolute atomic E-state index is 0.229. The van der Waals surface area contributed by atoms with Crippen molar-refractivity contribution in [1.82, 2.24) is 0 Å². The molecule has 1 N–H and O–H groups in total. The molecule has 0 amide bonds. The maximum absolute atomic E-state index is 12.4. The number of Topliss-reactive ketones (excluding diaryl/α,β-unsaturated/α-hetero) is 2. The zero-order valence-electron chi connectivity index (χ0n) is 13.5. The molecule has 1 unspecified atom stereocenters. The number of aliphatic carboxylic acids is 1. The first-order chi connectivity index (χ1) is 10.9. The molecule has 0 aliphatic carbocycles. The summed E-state index contributed by atoms with van der Waals surface area (Å²) in [5.41, 5.74) is -0.290. The summed E-state index contributed by atoms with van der Waals surface area (Å²) < 4.78 is 29.1. The van der Waals surface area contributed by atoms with E-state index in [-0.39, 0.29) is 21.2 Å². The first-order valence-electron chi connectivity index (χ1n) is 6.84. The molecule has 0 spiro atoms. The molecule has 1 atom stereocenters. The summed E-state index contributed by atoms with van der Waals surface area (Å²) in [5, 5.41) is 8.71. The van der Waals surface area contributed by atoms with E-state index in [9.17, 15) is 22.8 Å². The van der Waals surface area contributed by atoms with Crippen LogP contribution >= 0.6 is 11.6 Å². The Bertz CT molecular complexity index is 782. The van der Waals surface area contributed by atoms with Crippen LogP contribution in [0.25, 0.3) is 0 Å². The molecule has 0 aliphatic heterocycles. The number of benzene rings is 1. The summed E-state index contributed by atoms with van der Waals surface area (Å²) in [6.45, 7) is 4.24. The lowest BCUT2D eigenvalue weighted by atomic mass is 9.94. The van der Waals surface area contributed by atoms with Gasteiger partial charge in [-0.05, 0) is 32.9 Å². The standard InChI is InChI=1S/C15H17ClO7S/c1-7(2)23-14-10(24(4,21)22)6-5-9(12(14)16)13(18)11(8(3)17)15(19)20/h5-7,11H,1-4H3,(H,19,20). The van der Waals surface area contributed by atoms with Gasteiger partial charge in [0.05, 0.1) is 11.1 Å². The molecule has 0 saturated heterocycles. The number of carboxylic acid groups (broad SMARTS) is 1. The van der Waals surface area contributed by atoms with E-state index in [2.05, 4.69) is 0 Å². The van der Waals surface area contributed by atoms with E-state index >= 15 is 0 Å². The van der Waals surface area contributed by atoms with Crippen LogP contribution in [0.3, 0.4) is 0 Å². The van der Waals surface area contributed by atoms with E-state index in [0.29, 0.717) is 0 Å². The van der Waals surface area contributed by atoms with Gasteiger partial charge >= 0.3 is 5.97 Å². The Kier molecular flexibility index (Phi) is 6.13. The summed E-state index contributed by atoms with van der Waals surface area (Å²) in [5.74, 6) is -5.66. The number of ether oxygens (including phenoxy) is 1. The molecule has 9 heteroatoms. The Morgan fingerprint density at radius 2 is 1.75 bits per heavy atom. The van der Waals surface area contributed by atoms with Crippen LogP contribution in [0, 0.1) is 5.92 Å². The van der Waals surface area contributed by atoms with Crippen LogP contribution in [-0.4, -0.2) is 43.4 Å². The number of rotatable bonds is 7. The van der Waals surface area contributed by atoms with Gasteiger partial charge in [0.1, 0.15) is 4.90 Å². The molecule has 0 radical (unpaired) electrons. The molecular weight excluding hydrogens is 360 g/mol. The highest BCUT2D eigenvalue weighted by molar-refractivity contribution is 7.90. The van der Waals surface area contributed by atoms with E-state index in [0.717, 1.165) is 25.3 Å². The number of carbonyl (C=O) groups is 3. The van der Waals surface area contributed by atoms with E-state index in [1.807, 2.05) is 0 Å². The second-order valence-electron chi connectivity index (χ2n) is 5.44. The van der Waals surface area contributed by atoms with E-state index in [1.54, 1.807) is 13.8 Å². The van der Waals surface area contributed by atoms with Crippen molar-refractivity contribution in [2.75, 3.05) is 6.26 Å². The molecule has 0 aliphatic rings. The lowest BCUT2D eigenvalue weighted by Crippen LogP contribution is -2.30. The van der Waals surface area contributed by atoms with E-state index in [1.165, 1.54) is 0 Å². The van der Waals surface area contributed by atoms with Crippen LogP contribution < -0.4 is 4.74 Å². The lowest BCUT2D eigenvalue weighted by molar-refractivity contribution is -0.143. The Hall–Kier alpha value is -1.93. The number of halogens is 1. The average molecular weight is 377 g/mol. The molecule has 1 aromatic carbocycles. The summed E-state index contributed by atoms with van der Waals surface area (Å²) in [4.78, 5) is 34.7. The molecule has 0 aromatic heterocycles. The normalized spacial score (nSPS) is 12.8. The van der Waals surface area contributed by atoms with Gasteiger partial charge in [0.2, 0.25) is 0 Å². The van der Waals surface area contributed by atoms with E-state index in [4.69, 9.17) is 21.4 Å². The fourth-order valence-corrected chi connectivity index (χ4v) is 3.15. The highest BCUT2D eigenvalue weighted by atomic mass is 35.5. The number of hydrogen-bond acceptors (Lipinski definition) is 6. The van der Waals surface area contributed by atoms with Crippen molar-refractivity contribution >= 4 is 39.0 Å². The third-order valence-electron chi connectivity index (χ3n) is 3.00. The van der Waals surface area contributed by atoms with Gasteiger partial charge in [0, 0.05) is 11.8 Å². The smallest absolute Gasteiger partial charge is 0.322 e. The van der Waals surface area contributed by atoms with Crippen molar-refractivity contribution in [3.05, 3.63) is 22.7 Å². The summed E-state index contributed by atoms with van der Waals surface area (Å²) in [7, 11) is -3.70. The molecule has 0 heterocycles. The van der Waals surface area contributed by atoms with Gasteiger partial charge in [-0.25, -0.2) is 8.42 Å². The minimum Gasteiger partial charge on any atom is -0.488 e. The van der Waals surface area contributed by atoms with Crippen molar-refractivity contribution in [2.45, 2.75) is 31.8 Å². The van der Waals surface area contributed by atoms with Crippen molar-refractivity contribution in [2.24, 2.45) is 5.92 Å². The molecule has 0 saturated carbocycles. The van der Waals surface area contributed by atoms with Crippen LogP contribution in [0.2, 0.25) is 5.02 Å². The fraction of sp³-hybridized carbons (Fsp3) is 0.400. The van der Waals surface area contributed by atoms with Crippen LogP contribution in [0.15, 0.2) is 17.0 Å². The third-order valence-corrected chi connectivity index (χ3v) is 4.49. The lowest BCUT2D eigenvalue weighted by Gasteiger charge is -2.17. The Balaban J connectivity index is 3.61. The zero-order chi connectivity index (χ0) is 18.8. The second-order valence-corrected chi connectivity index (χ2v) is 7.80. The number of hydrogen-bond donors (Lipinski definition) is 1. The molecule has 0 fully saturated rings. The summed E-state index contributed by atoms with van der Waals surface area (Å²) in [6.07, 6.45) is 0.500.